The first-order chi connectivity index (χ1) is 11.8. The summed E-state index contributed by atoms with van der Waals surface area (Å²) in [5.74, 6) is 0. The Hall–Kier alpha value is -1.40. The smallest absolute Gasteiger partial charge is 0.297 e. The second-order valence-electron chi connectivity index (χ2n) is 5.70. The van der Waals surface area contributed by atoms with Crippen molar-refractivity contribution >= 4 is 16.4 Å². The molecule has 1 aromatic rings. The minimum atomic E-state index is -4.08. The van der Waals surface area contributed by atoms with Crippen LogP contribution < -0.4 is 5.32 Å². The minimum absolute atomic E-state index is 0.0602. The number of nitrogens with one attached hydrogen (secondary N) is 1. The van der Waals surface area contributed by atoms with Gasteiger partial charge in [-0.2, -0.15) is 8.42 Å². The molecular formula is C15H21NO8S. The van der Waals surface area contributed by atoms with E-state index in [0.717, 1.165) is 5.56 Å². The van der Waals surface area contributed by atoms with Crippen LogP contribution in [0.15, 0.2) is 29.2 Å². The van der Waals surface area contributed by atoms with Crippen LogP contribution in [0.2, 0.25) is 0 Å². The molecule has 9 nitrogen and oxygen atoms in total. The molecule has 0 saturated carbocycles. The van der Waals surface area contributed by atoms with E-state index in [9.17, 15) is 28.5 Å². The van der Waals surface area contributed by atoms with Crippen LogP contribution in [0.3, 0.4) is 0 Å². The van der Waals surface area contributed by atoms with Crippen LogP contribution in [-0.2, 0) is 23.8 Å². The molecule has 4 N–H and O–H groups in total. The summed E-state index contributed by atoms with van der Waals surface area (Å²) in [5.41, 5.74) is 0.880. The lowest BCUT2D eigenvalue weighted by Crippen LogP contribution is -2.63. The van der Waals surface area contributed by atoms with Gasteiger partial charge in [0.1, 0.15) is 24.6 Å². The molecule has 1 unspecified atom stereocenters. The van der Waals surface area contributed by atoms with Crippen molar-refractivity contribution in [2.75, 3.05) is 13.2 Å². The topological polar surface area (TPSA) is 142 Å². The summed E-state index contributed by atoms with van der Waals surface area (Å²) in [7, 11) is -4.08. The van der Waals surface area contributed by atoms with Crippen molar-refractivity contribution in [2.45, 2.75) is 42.5 Å². The van der Waals surface area contributed by atoms with E-state index in [1.165, 1.54) is 12.1 Å². The number of benzene rings is 1. The molecule has 0 amide bonds. The molecule has 5 atom stereocenters. The molecule has 0 aromatic heterocycles. The first-order valence-electron chi connectivity index (χ1n) is 7.59. The van der Waals surface area contributed by atoms with Crippen molar-refractivity contribution in [2.24, 2.45) is 0 Å². The van der Waals surface area contributed by atoms with Crippen LogP contribution in [0, 0.1) is 6.92 Å². The van der Waals surface area contributed by atoms with Gasteiger partial charge in [0.05, 0.1) is 24.1 Å². The average Bonchev–Trinajstić information content (AvgIpc) is 2.57. The third-order valence-corrected chi connectivity index (χ3v) is 5.15. The largest absolute Gasteiger partial charge is 0.388 e. The molecular weight excluding hydrogens is 354 g/mol. The Kier molecular flexibility index (Phi) is 6.63. The lowest BCUT2D eigenvalue weighted by molar-refractivity contribution is -0.252. The molecule has 0 bridgehead atoms. The van der Waals surface area contributed by atoms with Gasteiger partial charge in [0.25, 0.3) is 10.1 Å². The Morgan fingerprint density at radius 3 is 2.44 bits per heavy atom. The third-order valence-electron chi connectivity index (χ3n) is 3.85. The van der Waals surface area contributed by atoms with E-state index in [1.807, 2.05) is 0 Å². The Labute approximate surface area is 145 Å². The van der Waals surface area contributed by atoms with Crippen molar-refractivity contribution in [3.8, 4) is 0 Å². The molecule has 10 heteroatoms. The monoisotopic (exact) mass is 375 g/mol. The number of carbonyl (C=O) groups excluding carboxylic acids is 1. The second-order valence-corrected chi connectivity index (χ2v) is 7.31. The highest BCUT2D eigenvalue weighted by atomic mass is 32.2. The van der Waals surface area contributed by atoms with E-state index < -0.39 is 47.4 Å². The fourth-order valence-corrected chi connectivity index (χ4v) is 3.34. The van der Waals surface area contributed by atoms with Crippen LogP contribution in [0.4, 0.5) is 0 Å². The number of aryl methyl sites for hydroxylation is 1. The van der Waals surface area contributed by atoms with Crippen molar-refractivity contribution in [3.05, 3.63) is 29.8 Å². The molecule has 1 heterocycles. The normalized spacial score (nSPS) is 30.2. The highest BCUT2D eigenvalue weighted by Gasteiger charge is 2.44. The maximum atomic E-state index is 12.1. The average molecular weight is 375 g/mol. The van der Waals surface area contributed by atoms with Crippen LogP contribution in [0.5, 0.6) is 0 Å². The molecule has 1 aliphatic rings. The van der Waals surface area contributed by atoms with E-state index in [0.29, 0.717) is 6.29 Å². The van der Waals surface area contributed by atoms with Gasteiger partial charge >= 0.3 is 0 Å². The number of aliphatic hydroxyl groups is 3. The van der Waals surface area contributed by atoms with Gasteiger partial charge in [-0.05, 0) is 19.1 Å². The second kappa shape index (κ2) is 8.32. The molecule has 1 aliphatic heterocycles. The number of hydrogen-bond acceptors (Lipinski definition) is 9. The standard InChI is InChI=1S/C15H21NO8S/c1-9-2-4-10(5-3-9)25(21,22)23-8-11-13(18)14(19)12(15(20)24-11)16-6-7-17/h2-5,7,11-16,18-20H,6,8H2,1H3/t11-,12-,13-,14-,15?/m1/s1. The molecule has 2 rings (SSSR count). The summed E-state index contributed by atoms with van der Waals surface area (Å²) in [5, 5.41) is 32.4. The van der Waals surface area contributed by atoms with Crippen molar-refractivity contribution in [1.29, 1.82) is 0 Å². The van der Waals surface area contributed by atoms with Gasteiger partial charge in [-0.25, -0.2) is 0 Å². The predicted octanol–water partition coefficient (Wildman–Crippen LogP) is -1.70. The number of rotatable bonds is 7. The van der Waals surface area contributed by atoms with Gasteiger partial charge in [-0.1, -0.05) is 17.7 Å². The SMILES string of the molecule is Cc1ccc(S(=O)(=O)OC[C@H]2OC(O)[C@H](NCC=O)[C@@H](O)[C@@H]2O)cc1. The quantitative estimate of drug-likeness (QED) is 0.324. The van der Waals surface area contributed by atoms with E-state index in [2.05, 4.69) is 5.32 Å². The van der Waals surface area contributed by atoms with Crippen LogP contribution >= 0.6 is 0 Å². The van der Waals surface area contributed by atoms with E-state index >= 15 is 0 Å². The number of hydrogen-bond donors (Lipinski definition) is 4. The minimum Gasteiger partial charge on any atom is -0.388 e. The lowest BCUT2D eigenvalue weighted by atomic mass is 9.97. The van der Waals surface area contributed by atoms with E-state index in [4.69, 9.17) is 8.92 Å². The fourth-order valence-electron chi connectivity index (χ4n) is 2.42. The summed E-state index contributed by atoms with van der Waals surface area (Å²) >= 11 is 0. The molecule has 1 aromatic carbocycles. The number of aldehydes is 1. The first kappa shape index (κ1) is 19.9. The summed E-state index contributed by atoms with van der Waals surface area (Å²) in [6.07, 6.45) is -5.27. The predicted molar refractivity (Wildman–Crippen MR) is 85.1 cm³/mol. The highest BCUT2D eigenvalue weighted by molar-refractivity contribution is 7.86. The highest BCUT2D eigenvalue weighted by Crippen LogP contribution is 2.22. The van der Waals surface area contributed by atoms with Gasteiger partial charge in [0.15, 0.2) is 6.29 Å². The number of carbonyl (C=O) groups is 1. The summed E-state index contributed by atoms with van der Waals surface area (Å²) in [6.45, 7) is 1.06. The lowest BCUT2D eigenvalue weighted by Gasteiger charge is -2.40. The Balaban J connectivity index is 2.01. The maximum absolute atomic E-state index is 12.1. The summed E-state index contributed by atoms with van der Waals surface area (Å²) < 4.78 is 34.2. The number of ether oxygens (including phenoxy) is 1. The van der Waals surface area contributed by atoms with Gasteiger partial charge in [0, 0.05) is 0 Å². The van der Waals surface area contributed by atoms with Crippen molar-refractivity contribution < 1.29 is 37.5 Å². The fraction of sp³-hybridized carbons (Fsp3) is 0.533. The van der Waals surface area contributed by atoms with Crippen LogP contribution in [-0.4, -0.2) is 73.8 Å². The van der Waals surface area contributed by atoms with Gasteiger partial charge < -0.3 is 30.2 Å². The third kappa shape index (κ3) is 4.82. The zero-order chi connectivity index (χ0) is 18.6. The molecule has 25 heavy (non-hydrogen) atoms. The Bertz CT molecular complexity index is 677. The van der Waals surface area contributed by atoms with Gasteiger partial charge in [-0.15, -0.1) is 0 Å². The molecule has 0 radical (unpaired) electrons. The molecule has 0 spiro atoms. The number of aliphatic hydroxyl groups excluding tert-OH is 3. The summed E-state index contributed by atoms with van der Waals surface area (Å²) in [6, 6.07) is 4.89. The molecule has 0 aliphatic carbocycles. The van der Waals surface area contributed by atoms with Gasteiger partial charge in [0.2, 0.25) is 0 Å². The molecule has 1 saturated heterocycles. The molecule has 140 valence electrons. The zero-order valence-electron chi connectivity index (χ0n) is 13.5. The van der Waals surface area contributed by atoms with Gasteiger partial charge in [-0.3, -0.25) is 4.18 Å². The Morgan fingerprint density at radius 2 is 1.84 bits per heavy atom. The van der Waals surface area contributed by atoms with Crippen LogP contribution in [0.25, 0.3) is 0 Å². The first-order valence-corrected chi connectivity index (χ1v) is 9.00. The maximum Gasteiger partial charge on any atom is 0.297 e. The Morgan fingerprint density at radius 1 is 1.20 bits per heavy atom. The van der Waals surface area contributed by atoms with E-state index in [-0.39, 0.29) is 11.4 Å². The van der Waals surface area contributed by atoms with Crippen LogP contribution in [0.1, 0.15) is 5.56 Å². The van der Waals surface area contributed by atoms with E-state index in [1.54, 1.807) is 19.1 Å². The molecule has 1 fully saturated rings. The van der Waals surface area contributed by atoms with Crippen molar-refractivity contribution in [1.82, 2.24) is 5.32 Å². The zero-order valence-corrected chi connectivity index (χ0v) is 14.3. The summed E-state index contributed by atoms with van der Waals surface area (Å²) in [4.78, 5) is 10.3. The van der Waals surface area contributed by atoms with Crippen molar-refractivity contribution in [3.63, 3.8) is 0 Å².